The van der Waals surface area contributed by atoms with E-state index in [0.717, 1.165) is 5.56 Å². The predicted molar refractivity (Wildman–Crippen MR) is 67.5 cm³/mol. The lowest BCUT2D eigenvalue weighted by Crippen LogP contribution is -2.13. The Morgan fingerprint density at radius 1 is 1.41 bits per heavy atom. The van der Waals surface area contributed by atoms with Crippen LogP contribution in [0, 0.1) is 6.92 Å². The molecule has 92 valence electrons. The number of rotatable bonds is 5. The molecule has 3 nitrogen and oxygen atoms in total. The van der Waals surface area contributed by atoms with Gasteiger partial charge in [0.1, 0.15) is 0 Å². The summed E-state index contributed by atoms with van der Waals surface area (Å²) in [5.41, 5.74) is 2.19. The van der Waals surface area contributed by atoms with Crippen LogP contribution in [0.5, 0.6) is 0 Å². The van der Waals surface area contributed by atoms with Gasteiger partial charge in [-0.2, -0.15) is 0 Å². The van der Waals surface area contributed by atoms with Crippen molar-refractivity contribution in [1.29, 1.82) is 0 Å². The Labute approximate surface area is 102 Å². The van der Waals surface area contributed by atoms with E-state index in [1.54, 1.807) is 19.1 Å². The summed E-state index contributed by atoms with van der Waals surface area (Å²) in [6, 6.07) is 7.92. The number of ether oxygens (including phenoxy) is 1. The average molecular weight is 234 g/mol. The molecule has 17 heavy (non-hydrogen) atoms. The molecule has 1 atom stereocenters. The third kappa shape index (κ3) is 5.31. The fourth-order valence-electron chi connectivity index (χ4n) is 1.36. The molecule has 0 bridgehead atoms. The van der Waals surface area contributed by atoms with Crippen molar-refractivity contribution in [2.24, 2.45) is 0 Å². The van der Waals surface area contributed by atoms with Gasteiger partial charge in [-0.3, -0.25) is 4.79 Å². The van der Waals surface area contributed by atoms with Crippen LogP contribution in [0.2, 0.25) is 0 Å². The van der Waals surface area contributed by atoms with Gasteiger partial charge in [0.05, 0.1) is 19.1 Å². The molecule has 0 fully saturated rings. The highest BCUT2D eigenvalue weighted by molar-refractivity contribution is 5.70. The number of aliphatic hydroxyl groups is 1. The smallest absolute Gasteiger partial charge is 0.308 e. The van der Waals surface area contributed by atoms with E-state index in [4.69, 9.17) is 4.74 Å². The van der Waals surface area contributed by atoms with E-state index in [1.165, 1.54) is 5.56 Å². The molecular weight excluding hydrogens is 216 g/mol. The van der Waals surface area contributed by atoms with E-state index < -0.39 is 6.10 Å². The van der Waals surface area contributed by atoms with Crippen LogP contribution in [0.15, 0.2) is 30.3 Å². The van der Waals surface area contributed by atoms with Crippen molar-refractivity contribution in [1.82, 2.24) is 0 Å². The maximum Gasteiger partial charge on any atom is 0.308 e. The summed E-state index contributed by atoms with van der Waals surface area (Å²) >= 11 is 0. The Balaban J connectivity index is 2.47. The first-order valence-corrected chi connectivity index (χ1v) is 5.70. The zero-order valence-electron chi connectivity index (χ0n) is 10.2. The van der Waals surface area contributed by atoms with Crippen LogP contribution in [-0.2, 0) is 9.53 Å². The summed E-state index contributed by atoms with van der Waals surface area (Å²) in [4.78, 5) is 11.1. The average Bonchev–Trinajstić information content (AvgIpc) is 2.28. The third-order valence-corrected chi connectivity index (χ3v) is 2.27. The van der Waals surface area contributed by atoms with Gasteiger partial charge in [-0.25, -0.2) is 0 Å². The van der Waals surface area contributed by atoms with Gasteiger partial charge < -0.3 is 9.84 Å². The van der Waals surface area contributed by atoms with Crippen molar-refractivity contribution in [3.8, 4) is 0 Å². The lowest BCUT2D eigenvalue weighted by Gasteiger charge is -2.04. The lowest BCUT2D eigenvalue weighted by molar-refractivity contribution is -0.144. The van der Waals surface area contributed by atoms with Gasteiger partial charge >= 0.3 is 5.97 Å². The molecule has 0 spiro atoms. The molecule has 0 saturated carbocycles. The maximum atomic E-state index is 11.1. The number of esters is 1. The number of aliphatic hydroxyl groups excluding tert-OH is 1. The van der Waals surface area contributed by atoms with E-state index >= 15 is 0 Å². The molecule has 0 aliphatic rings. The number of hydrogen-bond acceptors (Lipinski definition) is 3. The summed E-state index contributed by atoms with van der Waals surface area (Å²) in [7, 11) is 0. The van der Waals surface area contributed by atoms with Crippen LogP contribution in [0.4, 0.5) is 0 Å². The van der Waals surface area contributed by atoms with E-state index in [-0.39, 0.29) is 12.4 Å². The Morgan fingerprint density at radius 3 is 2.65 bits per heavy atom. The van der Waals surface area contributed by atoms with Crippen LogP contribution < -0.4 is 0 Å². The summed E-state index contributed by atoms with van der Waals surface area (Å²) in [6.45, 7) is 4.10. The van der Waals surface area contributed by atoms with Crippen LogP contribution in [0.25, 0.3) is 6.08 Å². The summed E-state index contributed by atoms with van der Waals surface area (Å²) in [5.74, 6) is -0.381. The molecule has 1 aromatic carbocycles. The highest BCUT2D eigenvalue weighted by Gasteiger charge is 2.07. The molecule has 0 aliphatic heterocycles. The van der Waals surface area contributed by atoms with Crippen molar-refractivity contribution in [2.45, 2.75) is 26.4 Å². The Morgan fingerprint density at radius 2 is 2.06 bits per heavy atom. The quantitative estimate of drug-likeness (QED) is 0.795. The molecule has 1 N–H and O–H groups in total. The lowest BCUT2D eigenvalue weighted by atomic mass is 10.1. The Bertz CT molecular complexity index is 379. The minimum Gasteiger partial charge on any atom is -0.466 e. The highest BCUT2D eigenvalue weighted by Crippen LogP contribution is 2.06. The number of hydrogen-bond donors (Lipinski definition) is 1. The van der Waals surface area contributed by atoms with Crippen molar-refractivity contribution in [3.63, 3.8) is 0 Å². The molecule has 0 saturated heterocycles. The van der Waals surface area contributed by atoms with Crippen molar-refractivity contribution in [3.05, 3.63) is 41.5 Å². The topological polar surface area (TPSA) is 46.5 Å². The fourth-order valence-corrected chi connectivity index (χ4v) is 1.36. The van der Waals surface area contributed by atoms with Gasteiger partial charge in [-0.1, -0.05) is 42.0 Å². The third-order valence-electron chi connectivity index (χ3n) is 2.27. The van der Waals surface area contributed by atoms with Crippen LogP contribution in [0.1, 0.15) is 24.5 Å². The van der Waals surface area contributed by atoms with Gasteiger partial charge in [0.2, 0.25) is 0 Å². The summed E-state index contributed by atoms with van der Waals surface area (Å²) in [5, 5.41) is 9.57. The molecule has 0 radical (unpaired) electrons. The van der Waals surface area contributed by atoms with E-state index in [2.05, 4.69) is 0 Å². The molecule has 0 aliphatic carbocycles. The van der Waals surface area contributed by atoms with Crippen LogP contribution >= 0.6 is 0 Å². The van der Waals surface area contributed by atoms with Crippen molar-refractivity contribution < 1.29 is 14.6 Å². The Hall–Kier alpha value is -1.61. The van der Waals surface area contributed by atoms with Gasteiger partial charge in [0, 0.05) is 0 Å². The normalized spacial score (nSPS) is 12.6. The second-order valence-electron chi connectivity index (χ2n) is 3.85. The zero-order chi connectivity index (χ0) is 12.7. The fraction of sp³-hybridized carbons (Fsp3) is 0.357. The standard InChI is InChI=1S/C14H18O3/c1-3-17-14(16)10-13(15)9-8-12-6-4-11(2)5-7-12/h4-9,13,15H,3,10H2,1-2H3/t13-/m0/s1. The highest BCUT2D eigenvalue weighted by atomic mass is 16.5. The SMILES string of the molecule is CCOC(=O)C[C@@H](O)C=Cc1ccc(C)cc1. The molecule has 3 heteroatoms. The minimum atomic E-state index is -0.796. The minimum absolute atomic E-state index is 0.00377. The number of carbonyl (C=O) groups excluding carboxylic acids is 1. The first-order chi connectivity index (χ1) is 8.11. The van der Waals surface area contributed by atoms with Crippen LogP contribution in [0.3, 0.4) is 0 Å². The molecule has 0 aromatic heterocycles. The van der Waals surface area contributed by atoms with Gasteiger partial charge in [0.15, 0.2) is 0 Å². The van der Waals surface area contributed by atoms with E-state index in [0.29, 0.717) is 6.61 Å². The first kappa shape index (κ1) is 13.5. The summed E-state index contributed by atoms with van der Waals surface area (Å²) < 4.78 is 4.75. The maximum absolute atomic E-state index is 11.1. The van der Waals surface area contributed by atoms with Crippen molar-refractivity contribution >= 4 is 12.0 Å². The van der Waals surface area contributed by atoms with Crippen LogP contribution in [-0.4, -0.2) is 23.8 Å². The number of aryl methyl sites for hydroxylation is 1. The molecular formula is C14H18O3. The second kappa shape index (κ2) is 6.86. The van der Waals surface area contributed by atoms with E-state index in [1.807, 2.05) is 31.2 Å². The molecule has 0 heterocycles. The zero-order valence-corrected chi connectivity index (χ0v) is 10.2. The number of carbonyl (C=O) groups is 1. The van der Waals surface area contributed by atoms with Gasteiger partial charge in [-0.05, 0) is 19.4 Å². The second-order valence-corrected chi connectivity index (χ2v) is 3.85. The van der Waals surface area contributed by atoms with Gasteiger partial charge in [-0.15, -0.1) is 0 Å². The van der Waals surface area contributed by atoms with Gasteiger partial charge in [0.25, 0.3) is 0 Å². The predicted octanol–water partition coefficient (Wildman–Crippen LogP) is 2.32. The molecule has 1 aromatic rings. The molecule has 0 amide bonds. The molecule has 0 unspecified atom stereocenters. The first-order valence-electron chi connectivity index (χ1n) is 5.70. The Kier molecular flexibility index (Phi) is 5.43. The summed E-state index contributed by atoms with van der Waals surface area (Å²) in [6.07, 6.45) is 2.59. The van der Waals surface area contributed by atoms with Crippen molar-refractivity contribution in [2.75, 3.05) is 6.61 Å². The monoisotopic (exact) mass is 234 g/mol. The number of benzene rings is 1. The largest absolute Gasteiger partial charge is 0.466 e. The molecule has 1 rings (SSSR count). The van der Waals surface area contributed by atoms with E-state index in [9.17, 15) is 9.90 Å².